The van der Waals surface area contributed by atoms with Crippen LogP contribution < -0.4 is 0 Å². The second-order valence-electron chi connectivity index (χ2n) is 5.83. The van der Waals surface area contributed by atoms with Crippen LogP contribution in [0.25, 0.3) is 0 Å². The first kappa shape index (κ1) is 21.4. The van der Waals surface area contributed by atoms with Gasteiger partial charge in [-0.05, 0) is 32.6 Å². The van der Waals surface area contributed by atoms with Gasteiger partial charge in [-0.2, -0.15) is 0 Å². The standard InChI is InChI=1S/C18H36O4/c1-4-6-8-11-17(3)22-18(19)12-10-14-21-16-15-20-13-9-7-5-2/h17H,4-16H2,1-3H3. The molecule has 0 aromatic carbocycles. The van der Waals surface area contributed by atoms with Crippen molar-refractivity contribution in [1.29, 1.82) is 0 Å². The molecular weight excluding hydrogens is 280 g/mol. The topological polar surface area (TPSA) is 44.8 Å². The summed E-state index contributed by atoms with van der Waals surface area (Å²) in [6, 6.07) is 0. The fourth-order valence-electron chi connectivity index (χ4n) is 2.12. The van der Waals surface area contributed by atoms with Crippen molar-refractivity contribution in [3.8, 4) is 0 Å². The normalized spacial score (nSPS) is 12.3. The second-order valence-corrected chi connectivity index (χ2v) is 5.83. The summed E-state index contributed by atoms with van der Waals surface area (Å²) in [5.74, 6) is -0.108. The number of ether oxygens (including phenoxy) is 3. The van der Waals surface area contributed by atoms with Gasteiger partial charge in [0.25, 0.3) is 0 Å². The van der Waals surface area contributed by atoms with E-state index >= 15 is 0 Å². The van der Waals surface area contributed by atoms with Crippen LogP contribution in [-0.2, 0) is 19.0 Å². The second kappa shape index (κ2) is 16.8. The number of hydrogen-bond acceptors (Lipinski definition) is 4. The highest BCUT2D eigenvalue weighted by Crippen LogP contribution is 2.07. The van der Waals surface area contributed by atoms with Crippen molar-refractivity contribution in [2.24, 2.45) is 0 Å². The minimum absolute atomic E-state index is 0.0384. The fraction of sp³-hybridized carbons (Fsp3) is 0.944. The first-order chi connectivity index (χ1) is 10.7. The SMILES string of the molecule is CCCCCOCCOCCCC(=O)OC(C)CCCCC. The van der Waals surface area contributed by atoms with Crippen LogP contribution in [0.1, 0.15) is 78.6 Å². The van der Waals surface area contributed by atoms with E-state index in [0.29, 0.717) is 26.2 Å². The van der Waals surface area contributed by atoms with Gasteiger partial charge in [0.05, 0.1) is 19.3 Å². The molecule has 0 aromatic heterocycles. The van der Waals surface area contributed by atoms with Crippen LogP contribution in [0.3, 0.4) is 0 Å². The van der Waals surface area contributed by atoms with Crippen molar-refractivity contribution in [1.82, 2.24) is 0 Å². The van der Waals surface area contributed by atoms with E-state index in [0.717, 1.165) is 32.3 Å². The highest BCUT2D eigenvalue weighted by Gasteiger charge is 2.08. The van der Waals surface area contributed by atoms with E-state index in [1.807, 2.05) is 6.92 Å². The molecule has 0 saturated carbocycles. The molecule has 0 N–H and O–H groups in total. The van der Waals surface area contributed by atoms with Gasteiger partial charge in [-0.1, -0.05) is 39.5 Å². The summed E-state index contributed by atoms with van der Waals surface area (Å²) in [6.45, 7) is 8.99. The van der Waals surface area contributed by atoms with Crippen molar-refractivity contribution in [2.75, 3.05) is 26.4 Å². The van der Waals surface area contributed by atoms with E-state index in [2.05, 4.69) is 13.8 Å². The van der Waals surface area contributed by atoms with Crippen molar-refractivity contribution in [2.45, 2.75) is 84.7 Å². The molecule has 1 unspecified atom stereocenters. The van der Waals surface area contributed by atoms with Crippen LogP contribution in [0.2, 0.25) is 0 Å². The van der Waals surface area contributed by atoms with Gasteiger partial charge in [0.2, 0.25) is 0 Å². The zero-order chi connectivity index (χ0) is 16.5. The largest absolute Gasteiger partial charge is 0.463 e. The van der Waals surface area contributed by atoms with Crippen LogP contribution in [0, 0.1) is 0 Å². The molecular formula is C18H36O4. The first-order valence-corrected chi connectivity index (χ1v) is 9.05. The van der Waals surface area contributed by atoms with E-state index in [1.165, 1.54) is 25.7 Å². The lowest BCUT2D eigenvalue weighted by molar-refractivity contribution is -0.148. The molecule has 4 heteroatoms. The van der Waals surface area contributed by atoms with Gasteiger partial charge in [0.1, 0.15) is 0 Å². The monoisotopic (exact) mass is 316 g/mol. The van der Waals surface area contributed by atoms with Gasteiger partial charge in [-0.3, -0.25) is 4.79 Å². The van der Waals surface area contributed by atoms with E-state index < -0.39 is 0 Å². The Bertz CT molecular complexity index is 243. The summed E-state index contributed by atoms with van der Waals surface area (Å²) in [5, 5.41) is 0. The van der Waals surface area contributed by atoms with Gasteiger partial charge in [0.15, 0.2) is 0 Å². The average Bonchev–Trinajstić information content (AvgIpc) is 2.49. The molecule has 0 aliphatic heterocycles. The van der Waals surface area contributed by atoms with Crippen molar-refractivity contribution in [3.63, 3.8) is 0 Å². The number of unbranched alkanes of at least 4 members (excludes halogenated alkanes) is 4. The number of carbonyl (C=O) groups excluding carboxylic acids is 1. The van der Waals surface area contributed by atoms with Gasteiger partial charge in [-0.25, -0.2) is 0 Å². The Labute approximate surface area is 136 Å². The molecule has 0 radical (unpaired) electrons. The number of carbonyl (C=O) groups is 1. The van der Waals surface area contributed by atoms with E-state index in [1.54, 1.807) is 0 Å². The summed E-state index contributed by atoms with van der Waals surface area (Å²) in [5.41, 5.74) is 0. The molecule has 4 nitrogen and oxygen atoms in total. The highest BCUT2D eigenvalue weighted by atomic mass is 16.5. The Balaban J connectivity index is 3.27. The number of hydrogen-bond donors (Lipinski definition) is 0. The fourth-order valence-corrected chi connectivity index (χ4v) is 2.12. The number of esters is 1. The molecule has 0 aliphatic rings. The molecule has 0 spiro atoms. The predicted molar refractivity (Wildman–Crippen MR) is 90.1 cm³/mol. The van der Waals surface area contributed by atoms with Crippen molar-refractivity contribution < 1.29 is 19.0 Å². The summed E-state index contributed by atoms with van der Waals surface area (Å²) in [6.07, 6.45) is 9.25. The van der Waals surface area contributed by atoms with E-state index in [-0.39, 0.29) is 12.1 Å². The summed E-state index contributed by atoms with van der Waals surface area (Å²) >= 11 is 0. The molecule has 0 fully saturated rings. The Morgan fingerprint density at radius 1 is 0.818 bits per heavy atom. The lowest BCUT2D eigenvalue weighted by atomic mass is 10.1. The van der Waals surface area contributed by atoms with Crippen LogP contribution >= 0.6 is 0 Å². The Hall–Kier alpha value is -0.610. The minimum atomic E-state index is -0.108. The third kappa shape index (κ3) is 15.8. The molecule has 0 bridgehead atoms. The minimum Gasteiger partial charge on any atom is -0.463 e. The zero-order valence-electron chi connectivity index (χ0n) is 14.9. The summed E-state index contributed by atoms with van der Waals surface area (Å²) in [7, 11) is 0. The molecule has 0 rings (SSSR count). The third-order valence-corrected chi connectivity index (χ3v) is 3.48. The van der Waals surface area contributed by atoms with E-state index in [4.69, 9.17) is 14.2 Å². The number of rotatable bonds is 16. The van der Waals surface area contributed by atoms with Gasteiger partial charge >= 0.3 is 5.97 Å². The third-order valence-electron chi connectivity index (χ3n) is 3.48. The Kier molecular flexibility index (Phi) is 16.3. The average molecular weight is 316 g/mol. The molecule has 0 aromatic rings. The molecule has 0 amide bonds. The van der Waals surface area contributed by atoms with Crippen LogP contribution in [0.15, 0.2) is 0 Å². The van der Waals surface area contributed by atoms with Gasteiger partial charge in [-0.15, -0.1) is 0 Å². The van der Waals surface area contributed by atoms with Gasteiger partial charge < -0.3 is 14.2 Å². The smallest absolute Gasteiger partial charge is 0.306 e. The molecule has 0 heterocycles. The molecule has 22 heavy (non-hydrogen) atoms. The lowest BCUT2D eigenvalue weighted by Crippen LogP contribution is -2.15. The van der Waals surface area contributed by atoms with Crippen LogP contribution in [-0.4, -0.2) is 38.5 Å². The lowest BCUT2D eigenvalue weighted by Gasteiger charge is -2.13. The molecule has 0 aliphatic carbocycles. The summed E-state index contributed by atoms with van der Waals surface area (Å²) < 4.78 is 16.2. The van der Waals surface area contributed by atoms with Crippen molar-refractivity contribution >= 4 is 5.97 Å². The maximum absolute atomic E-state index is 11.6. The Morgan fingerprint density at radius 2 is 1.41 bits per heavy atom. The van der Waals surface area contributed by atoms with Crippen LogP contribution in [0.5, 0.6) is 0 Å². The maximum atomic E-state index is 11.6. The molecule has 132 valence electrons. The Morgan fingerprint density at radius 3 is 2.05 bits per heavy atom. The zero-order valence-corrected chi connectivity index (χ0v) is 14.9. The quantitative estimate of drug-likeness (QED) is 0.310. The molecule has 0 saturated heterocycles. The summed E-state index contributed by atoms with van der Waals surface area (Å²) in [4.78, 5) is 11.6. The van der Waals surface area contributed by atoms with Crippen molar-refractivity contribution in [3.05, 3.63) is 0 Å². The predicted octanol–water partition coefficient (Wildman–Crippen LogP) is 4.50. The first-order valence-electron chi connectivity index (χ1n) is 9.05. The van der Waals surface area contributed by atoms with Gasteiger partial charge in [0, 0.05) is 19.6 Å². The highest BCUT2D eigenvalue weighted by molar-refractivity contribution is 5.69. The van der Waals surface area contributed by atoms with E-state index in [9.17, 15) is 4.79 Å². The van der Waals surface area contributed by atoms with Crippen LogP contribution in [0.4, 0.5) is 0 Å². The molecule has 1 atom stereocenters. The maximum Gasteiger partial charge on any atom is 0.306 e.